The Kier molecular flexibility index (Phi) is 4.47. The maximum Gasteiger partial charge on any atom is 0.353 e. The monoisotopic (exact) mass is 318 g/mol. The van der Waals surface area contributed by atoms with Crippen molar-refractivity contribution in [3.8, 4) is 22.8 Å². The van der Waals surface area contributed by atoms with Crippen molar-refractivity contribution in [2.45, 2.75) is 18.9 Å². The lowest BCUT2D eigenvalue weighted by Gasteiger charge is -2.24. The number of para-hydroxylation sites is 1. The molecule has 0 spiro atoms. The lowest BCUT2D eigenvalue weighted by molar-refractivity contribution is 0.0246. The molecular weight excluding hydrogens is 300 g/mol. The first-order valence-electron chi connectivity index (χ1n) is 7.39. The molecule has 1 aromatic carbocycles. The molecule has 7 heteroatoms. The predicted molar refractivity (Wildman–Crippen MR) is 82.0 cm³/mol. The molecule has 3 rings (SSSR count). The average Bonchev–Trinajstić information content (AvgIpc) is 3.06. The molecular formula is C16H18N2O5. The summed E-state index contributed by atoms with van der Waals surface area (Å²) >= 11 is 0. The van der Waals surface area contributed by atoms with E-state index in [2.05, 4.69) is 10.2 Å². The van der Waals surface area contributed by atoms with E-state index in [-0.39, 0.29) is 11.8 Å². The lowest BCUT2D eigenvalue weighted by atomic mass is 10.1. The zero-order chi connectivity index (χ0) is 16.2. The molecule has 23 heavy (non-hydrogen) atoms. The minimum atomic E-state index is -1.06. The first-order valence-corrected chi connectivity index (χ1v) is 7.39. The summed E-state index contributed by atoms with van der Waals surface area (Å²) in [5.41, 5.74) is 1.20. The van der Waals surface area contributed by atoms with Crippen molar-refractivity contribution in [1.82, 2.24) is 10.2 Å². The van der Waals surface area contributed by atoms with Crippen LogP contribution in [0.25, 0.3) is 11.3 Å². The van der Waals surface area contributed by atoms with E-state index >= 15 is 0 Å². The van der Waals surface area contributed by atoms with Gasteiger partial charge in [-0.25, -0.2) is 4.79 Å². The highest BCUT2D eigenvalue weighted by molar-refractivity contribution is 5.87. The fraction of sp³-hybridized carbons (Fsp3) is 0.375. The van der Waals surface area contributed by atoms with Crippen molar-refractivity contribution < 1.29 is 24.1 Å². The van der Waals surface area contributed by atoms with Crippen molar-refractivity contribution in [2.75, 3.05) is 20.3 Å². The summed E-state index contributed by atoms with van der Waals surface area (Å²) in [6, 6.07) is 6.96. The van der Waals surface area contributed by atoms with Gasteiger partial charge in [0.15, 0.2) is 11.5 Å². The number of aromatic nitrogens is 2. The third-order valence-corrected chi connectivity index (χ3v) is 3.73. The summed E-state index contributed by atoms with van der Waals surface area (Å²) in [6.45, 7) is 1.38. The Hall–Kier alpha value is -2.54. The van der Waals surface area contributed by atoms with E-state index in [9.17, 15) is 4.79 Å². The number of ether oxygens (including phenoxy) is 3. The fourth-order valence-corrected chi connectivity index (χ4v) is 2.56. The molecule has 0 saturated carbocycles. The molecule has 2 N–H and O–H groups in total. The highest BCUT2D eigenvalue weighted by Crippen LogP contribution is 2.38. The first kappa shape index (κ1) is 15.4. The number of nitrogens with one attached hydrogen (secondary N) is 1. The summed E-state index contributed by atoms with van der Waals surface area (Å²) in [6.07, 6.45) is 1.75. The number of benzene rings is 1. The molecule has 2 heterocycles. The van der Waals surface area contributed by atoms with Crippen LogP contribution in [0, 0.1) is 0 Å². The van der Waals surface area contributed by atoms with Gasteiger partial charge in [-0.15, -0.1) is 0 Å². The molecule has 0 atom stereocenters. The van der Waals surface area contributed by atoms with Crippen LogP contribution in [-0.2, 0) is 4.74 Å². The molecule has 1 aromatic heterocycles. The average molecular weight is 318 g/mol. The van der Waals surface area contributed by atoms with Crippen molar-refractivity contribution >= 4 is 5.97 Å². The third-order valence-electron chi connectivity index (χ3n) is 3.73. The SMILES string of the molecule is COc1c(OC2CCOCC2)cccc1-c1cc(C(=O)O)[nH]n1. The molecule has 0 amide bonds. The van der Waals surface area contributed by atoms with Gasteiger partial charge in [0.25, 0.3) is 0 Å². The van der Waals surface area contributed by atoms with Crippen LogP contribution in [0.2, 0.25) is 0 Å². The molecule has 0 bridgehead atoms. The molecule has 0 radical (unpaired) electrons. The quantitative estimate of drug-likeness (QED) is 0.879. The summed E-state index contributed by atoms with van der Waals surface area (Å²) < 4.78 is 16.9. The van der Waals surface area contributed by atoms with Crippen LogP contribution in [0.1, 0.15) is 23.3 Å². The van der Waals surface area contributed by atoms with Crippen LogP contribution in [0.15, 0.2) is 24.3 Å². The Balaban J connectivity index is 1.90. The molecule has 1 fully saturated rings. The van der Waals surface area contributed by atoms with Crippen LogP contribution < -0.4 is 9.47 Å². The van der Waals surface area contributed by atoms with Crippen molar-refractivity contribution in [3.63, 3.8) is 0 Å². The molecule has 0 unspecified atom stereocenters. The minimum absolute atomic E-state index is 0.0257. The Morgan fingerprint density at radius 3 is 2.83 bits per heavy atom. The lowest BCUT2D eigenvalue weighted by Crippen LogP contribution is -2.26. The Morgan fingerprint density at radius 1 is 1.39 bits per heavy atom. The molecule has 1 saturated heterocycles. The predicted octanol–water partition coefficient (Wildman–Crippen LogP) is 2.34. The van der Waals surface area contributed by atoms with Gasteiger partial charge in [0, 0.05) is 18.4 Å². The first-order chi connectivity index (χ1) is 11.2. The van der Waals surface area contributed by atoms with Gasteiger partial charge in [-0.3, -0.25) is 5.10 Å². The van der Waals surface area contributed by atoms with Crippen molar-refractivity contribution in [3.05, 3.63) is 30.0 Å². The highest BCUT2D eigenvalue weighted by Gasteiger charge is 2.20. The topological polar surface area (TPSA) is 93.7 Å². The van der Waals surface area contributed by atoms with Gasteiger partial charge in [-0.2, -0.15) is 5.10 Å². The van der Waals surface area contributed by atoms with Crippen LogP contribution >= 0.6 is 0 Å². The normalized spacial score (nSPS) is 15.3. The summed E-state index contributed by atoms with van der Waals surface area (Å²) in [7, 11) is 1.56. The van der Waals surface area contributed by atoms with Gasteiger partial charge in [0.05, 0.1) is 26.0 Å². The number of aromatic amines is 1. The highest BCUT2D eigenvalue weighted by atomic mass is 16.5. The zero-order valence-corrected chi connectivity index (χ0v) is 12.7. The number of methoxy groups -OCH3 is 1. The van der Waals surface area contributed by atoms with Crippen LogP contribution in [0.3, 0.4) is 0 Å². The second-order valence-electron chi connectivity index (χ2n) is 5.24. The molecule has 0 aliphatic carbocycles. The van der Waals surface area contributed by atoms with E-state index in [1.165, 1.54) is 6.07 Å². The van der Waals surface area contributed by atoms with E-state index < -0.39 is 5.97 Å². The molecule has 1 aliphatic rings. The number of H-pyrrole nitrogens is 1. The largest absolute Gasteiger partial charge is 0.492 e. The second kappa shape index (κ2) is 6.70. The van der Waals surface area contributed by atoms with Gasteiger partial charge in [-0.1, -0.05) is 6.07 Å². The van der Waals surface area contributed by atoms with Gasteiger partial charge >= 0.3 is 5.97 Å². The van der Waals surface area contributed by atoms with Gasteiger partial charge in [0.2, 0.25) is 0 Å². The van der Waals surface area contributed by atoms with E-state index in [0.29, 0.717) is 36.0 Å². The summed E-state index contributed by atoms with van der Waals surface area (Å²) in [5.74, 6) is 0.108. The molecule has 7 nitrogen and oxygen atoms in total. The summed E-state index contributed by atoms with van der Waals surface area (Å²) in [5, 5.41) is 15.5. The maximum absolute atomic E-state index is 11.0. The summed E-state index contributed by atoms with van der Waals surface area (Å²) in [4.78, 5) is 11.0. The van der Waals surface area contributed by atoms with Crippen LogP contribution in [0.5, 0.6) is 11.5 Å². The van der Waals surface area contributed by atoms with E-state index in [1.807, 2.05) is 18.2 Å². The van der Waals surface area contributed by atoms with Crippen molar-refractivity contribution in [2.24, 2.45) is 0 Å². The number of carboxylic acids is 1. The number of aromatic carboxylic acids is 1. The minimum Gasteiger partial charge on any atom is -0.492 e. The zero-order valence-electron chi connectivity index (χ0n) is 12.7. The molecule has 122 valence electrons. The smallest absolute Gasteiger partial charge is 0.353 e. The number of carboxylic acid groups (broad SMARTS) is 1. The maximum atomic E-state index is 11.0. The Morgan fingerprint density at radius 2 is 2.17 bits per heavy atom. The molecule has 1 aliphatic heterocycles. The van der Waals surface area contributed by atoms with E-state index in [1.54, 1.807) is 7.11 Å². The fourth-order valence-electron chi connectivity index (χ4n) is 2.56. The van der Waals surface area contributed by atoms with Gasteiger partial charge in [-0.05, 0) is 18.2 Å². The van der Waals surface area contributed by atoms with E-state index in [4.69, 9.17) is 19.3 Å². The number of hydrogen-bond donors (Lipinski definition) is 2. The standard InChI is InChI=1S/C16H18N2O5/c1-21-15-11(12-9-13(16(19)20)18-17-12)3-2-4-14(15)23-10-5-7-22-8-6-10/h2-4,9-10H,5-8H2,1H3,(H,17,18)(H,19,20). The van der Waals surface area contributed by atoms with Gasteiger partial charge in [0.1, 0.15) is 11.8 Å². The second-order valence-corrected chi connectivity index (χ2v) is 5.24. The Bertz CT molecular complexity index is 692. The van der Waals surface area contributed by atoms with Crippen LogP contribution in [0.4, 0.5) is 0 Å². The van der Waals surface area contributed by atoms with E-state index in [0.717, 1.165) is 12.8 Å². The van der Waals surface area contributed by atoms with Crippen molar-refractivity contribution in [1.29, 1.82) is 0 Å². The number of hydrogen-bond acceptors (Lipinski definition) is 5. The third kappa shape index (κ3) is 3.29. The number of nitrogens with zero attached hydrogens (tertiary/aromatic N) is 1. The Labute approximate surface area is 133 Å². The number of carbonyl (C=O) groups is 1. The number of rotatable bonds is 5. The van der Waals surface area contributed by atoms with Gasteiger partial charge < -0.3 is 19.3 Å². The molecule has 2 aromatic rings. The van der Waals surface area contributed by atoms with Crippen LogP contribution in [-0.4, -0.2) is 47.7 Å².